The first-order valence-corrected chi connectivity index (χ1v) is 21.0. The number of anilines is 3. The van der Waals surface area contributed by atoms with Crippen molar-refractivity contribution >= 4 is 17.1 Å². The van der Waals surface area contributed by atoms with E-state index in [1.807, 2.05) is 0 Å². The van der Waals surface area contributed by atoms with Crippen LogP contribution in [0.2, 0.25) is 0 Å². The highest BCUT2D eigenvalue weighted by Crippen LogP contribution is 2.56. The smallest absolute Gasteiger partial charge is 0.0543 e. The monoisotopic (exact) mass is 703 g/mol. The summed E-state index contributed by atoms with van der Waals surface area (Å²) in [4.78, 5) is 2.57. The summed E-state index contributed by atoms with van der Waals surface area (Å²) < 4.78 is 0. The Morgan fingerprint density at radius 1 is 0.500 bits per heavy atom. The topological polar surface area (TPSA) is 3.24 Å². The fourth-order valence-electron chi connectivity index (χ4n) is 11.2. The van der Waals surface area contributed by atoms with Crippen LogP contribution in [-0.2, 0) is 5.41 Å². The summed E-state index contributed by atoms with van der Waals surface area (Å²) in [5, 5.41) is 0. The van der Waals surface area contributed by atoms with Gasteiger partial charge in [-0.2, -0.15) is 0 Å². The first-order chi connectivity index (χ1) is 26.5. The van der Waals surface area contributed by atoms with E-state index in [1.54, 1.807) is 5.56 Å². The molecular weight excluding hydrogens is 651 g/mol. The zero-order valence-corrected chi connectivity index (χ0v) is 32.1. The molecule has 1 nitrogen and oxygen atoms in total. The Hall–Kier alpha value is -4.88. The molecule has 0 saturated heterocycles. The van der Waals surface area contributed by atoms with Crippen molar-refractivity contribution in [2.45, 2.75) is 95.3 Å². The lowest BCUT2D eigenvalue weighted by atomic mass is 9.63. The third-order valence-electron chi connectivity index (χ3n) is 14.1. The van der Waals surface area contributed by atoms with Gasteiger partial charge in [0, 0.05) is 22.4 Å². The number of fused-ring (bicyclic) bond motifs is 6. The molecule has 4 saturated carbocycles. The van der Waals surface area contributed by atoms with E-state index in [0.717, 1.165) is 11.8 Å². The molecule has 6 aromatic rings. The third-order valence-corrected chi connectivity index (χ3v) is 14.1. The van der Waals surface area contributed by atoms with Gasteiger partial charge >= 0.3 is 0 Å². The molecule has 5 aliphatic carbocycles. The molecular formula is C53H53N. The minimum Gasteiger partial charge on any atom is -0.310 e. The Morgan fingerprint density at radius 3 is 1.70 bits per heavy atom. The molecule has 0 radical (unpaired) electrons. The largest absolute Gasteiger partial charge is 0.310 e. The molecule has 0 N–H and O–H groups in total. The van der Waals surface area contributed by atoms with Gasteiger partial charge in [0.05, 0.1) is 5.69 Å². The number of benzene rings is 6. The van der Waals surface area contributed by atoms with Crippen molar-refractivity contribution in [1.29, 1.82) is 0 Å². The van der Waals surface area contributed by atoms with E-state index in [0.29, 0.717) is 11.8 Å². The van der Waals surface area contributed by atoms with Crippen LogP contribution in [0.15, 0.2) is 140 Å². The van der Waals surface area contributed by atoms with Gasteiger partial charge in [-0.25, -0.2) is 0 Å². The second kappa shape index (κ2) is 13.8. The summed E-state index contributed by atoms with van der Waals surface area (Å²) in [5.41, 5.74) is 17.3. The molecule has 11 rings (SSSR count). The van der Waals surface area contributed by atoms with Gasteiger partial charge in [-0.1, -0.05) is 149 Å². The Labute approximate surface area is 323 Å². The lowest BCUT2D eigenvalue weighted by Gasteiger charge is -2.42. The van der Waals surface area contributed by atoms with E-state index in [4.69, 9.17) is 0 Å². The molecule has 0 amide bonds. The molecule has 6 aromatic carbocycles. The second-order valence-corrected chi connectivity index (χ2v) is 17.5. The predicted octanol–water partition coefficient (Wildman–Crippen LogP) is 15.1. The van der Waals surface area contributed by atoms with E-state index in [2.05, 4.69) is 158 Å². The Bertz CT molecular complexity index is 2250. The Morgan fingerprint density at radius 2 is 1.09 bits per heavy atom. The fraction of sp³-hybridized carbons (Fsp3) is 0.321. The van der Waals surface area contributed by atoms with Crippen molar-refractivity contribution in [3.8, 4) is 33.4 Å². The molecule has 0 heterocycles. The maximum Gasteiger partial charge on any atom is 0.0543 e. The van der Waals surface area contributed by atoms with Gasteiger partial charge in [0.15, 0.2) is 0 Å². The summed E-state index contributed by atoms with van der Waals surface area (Å²) in [7, 11) is 0. The fourth-order valence-corrected chi connectivity index (χ4v) is 11.2. The van der Waals surface area contributed by atoms with E-state index in [9.17, 15) is 0 Å². The van der Waals surface area contributed by atoms with Crippen LogP contribution in [0.25, 0.3) is 33.4 Å². The molecule has 1 heteroatoms. The maximum atomic E-state index is 2.57. The van der Waals surface area contributed by atoms with E-state index < -0.39 is 0 Å². The maximum absolute atomic E-state index is 2.57. The highest BCUT2D eigenvalue weighted by atomic mass is 15.1. The van der Waals surface area contributed by atoms with Crippen LogP contribution in [-0.4, -0.2) is 0 Å². The molecule has 1 atom stereocenters. The van der Waals surface area contributed by atoms with E-state index in [1.165, 1.54) is 131 Å². The molecule has 54 heavy (non-hydrogen) atoms. The van der Waals surface area contributed by atoms with E-state index in [-0.39, 0.29) is 5.41 Å². The SMILES string of the molecule is CC1(C)c2cc(N(c3ccc(C4CCCCC4)cc3)c3ccc(C4CC5CCC4CC5)cc3)c(-c3ccccc3)cc2-c2cccc(-c3ccccc3)c21. The number of rotatable bonds is 7. The van der Waals surface area contributed by atoms with E-state index >= 15 is 0 Å². The zero-order chi connectivity index (χ0) is 36.2. The third kappa shape index (κ3) is 5.83. The van der Waals surface area contributed by atoms with Gasteiger partial charge in [-0.15, -0.1) is 0 Å². The minimum absolute atomic E-state index is 0.179. The van der Waals surface area contributed by atoms with Gasteiger partial charge in [-0.3, -0.25) is 0 Å². The normalized spacial score (nSPS) is 21.4. The summed E-state index contributed by atoms with van der Waals surface area (Å²) in [6.07, 6.45) is 13.8. The van der Waals surface area contributed by atoms with Crippen molar-refractivity contribution in [1.82, 2.24) is 0 Å². The number of hydrogen-bond acceptors (Lipinski definition) is 1. The molecule has 0 spiro atoms. The van der Waals surface area contributed by atoms with Crippen LogP contribution in [0.5, 0.6) is 0 Å². The van der Waals surface area contributed by atoms with Crippen molar-refractivity contribution in [3.05, 3.63) is 162 Å². The molecule has 5 aliphatic rings. The zero-order valence-electron chi connectivity index (χ0n) is 32.1. The van der Waals surface area contributed by atoms with Crippen LogP contribution < -0.4 is 4.90 Å². The lowest BCUT2D eigenvalue weighted by Crippen LogP contribution is -2.29. The van der Waals surface area contributed by atoms with Crippen LogP contribution in [0, 0.1) is 11.8 Å². The van der Waals surface area contributed by atoms with Crippen LogP contribution >= 0.6 is 0 Å². The molecule has 4 fully saturated rings. The average molecular weight is 704 g/mol. The van der Waals surface area contributed by atoms with Gasteiger partial charge < -0.3 is 4.90 Å². The van der Waals surface area contributed by atoms with Gasteiger partial charge in [0.1, 0.15) is 0 Å². The quantitative estimate of drug-likeness (QED) is 0.160. The van der Waals surface area contributed by atoms with Gasteiger partial charge in [0.2, 0.25) is 0 Å². The molecule has 2 bridgehead atoms. The summed E-state index contributed by atoms with van der Waals surface area (Å²) >= 11 is 0. The second-order valence-electron chi connectivity index (χ2n) is 17.5. The first-order valence-electron chi connectivity index (χ1n) is 21.0. The molecule has 1 unspecified atom stereocenters. The summed E-state index contributed by atoms with van der Waals surface area (Å²) in [6.45, 7) is 4.87. The highest BCUT2D eigenvalue weighted by Gasteiger charge is 2.40. The van der Waals surface area contributed by atoms with Crippen LogP contribution in [0.1, 0.15) is 112 Å². The van der Waals surface area contributed by atoms with Gasteiger partial charge in [0.25, 0.3) is 0 Å². The van der Waals surface area contributed by atoms with Crippen molar-refractivity contribution in [2.24, 2.45) is 11.8 Å². The van der Waals surface area contributed by atoms with Crippen molar-refractivity contribution < 1.29 is 0 Å². The average Bonchev–Trinajstić information content (AvgIpc) is 3.47. The van der Waals surface area contributed by atoms with Crippen LogP contribution in [0.4, 0.5) is 17.1 Å². The van der Waals surface area contributed by atoms with Gasteiger partial charge in [-0.05, 0) is 142 Å². The molecule has 0 aliphatic heterocycles. The standard InChI is InChI=1S/C53H53N/c1-53(2)50-35-51(48(40-17-10-5-11-18-40)34-49(50)46-20-12-19-45(52(46)53)39-15-8-4-9-16-39)54(43-29-25-38(26-30-43)37-13-6-3-7-14-37)44-31-27-42(28-32-44)47-33-36-21-23-41(47)24-22-36/h4-5,8-12,15-20,25-32,34-37,41,47H,3,6-7,13-14,21-24,33H2,1-2H3. The number of hydrogen-bond donors (Lipinski definition) is 0. The lowest BCUT2D eigenvalue weighted by molar-refractivity contribution is 0.145. The Balaban J connectivity index is 1.15. The van der Waals surface area contributed by atoms with Crippen molar-refractivity contribution in [2.75, 3.05) is 4.90 Å². The predicted molar refractivity (Wildman–Crippen MR) is 228 cm³/mol. The minimum atomic E-state index is -0.179. The number of nitrogens with zero attached hydrogens (tertiary/aromatic N) is 1. The summed E-state index contributed by atoms with van der Waals surface area (Å²) in [6, 6.07) is 53.6. The van der Waals surface area contributed by atoms with Crippen LogP contribution in [0.3, 0.4) is 0 Å². The first kappa shape index (κ1) is 33.7. The molecule has 0 aromatic heterocycles. The summed E-state index contributed by atoms with van der Waals surface area (Å²) in [5.74, 6) is 3.18. The van der Waals surface area contributed by atoms with Crippen molar-refractivity contribution in [3.63, 3.8) is 0 Å². The highest BCUT2D eigenvalue weighted by molar-refractivity contribution is 5.96. The Kier molecular flexibility index (Phi) is 8.58. The molecule has 270 valence electrons.